The molecule has 8 nitrogen and oxygen atoms in total. The summed E-state index contributed by atoms with van der Waals surface area (Å²) in [7, 11) is 0. The zero-order valence-corrected chi connectivity index (χ0v) is 19.2. The van der Waals surface area contributed by atoms with E-state index in [4.69, 9.17) is 46.4 Å². The second kappa shape index (κ2) is 9.33. The lowest BCUT2D eigenvalue weighted by Crippen LogP contribution is -2.72. The molecule has 0 aliphatic carbocycles. The summed E-state index contributed by atoms with van der Waals surface area (Å²) >= 11 is 24.0. The number of halogens is 4. The molecule has 0 aromatic heterocycles. The van der Waals surface area contributed by atoms with E-state index in [1.807, 2.05) is 0 Å². The van der Waals surface area contributed by atoms with Crippen molar-refractivity contribution < 1.29 is 14.4 Å². The maximum absolute atomic E-state index is 12.9. The highest BCUT2D eigenvalue weighted by molar-refractivity contribution is 6.42. The molecular weight excluding hydrogens is 500 g/mol. The minimum atomic E-state index is -0.893. The number of hydrogen-bond donors (Lipinski definition) is 5. The van der Waals surface area contributed by atoms with Crippen molar-refractivity contribution in [3.05, 3.63) is 56.5 Å². The molecule has 12 heteroatoms. The summed E-state index contributed by atoms with van der Waals surface area (Å²) in [5, 5.41) is 15.8. The second-order valence-corrected chi connectivity index (χ2v) is 9.03. The Labute approximate surface area is 203 Å². The fraction of sp³-hybridized carbons (Fsp3) is 0.250. The number of nitrogens with one attached hydrogen (secondary N) is 5. The number of carbonyl (C=O) groups is 3. The van der Waals surface area contributed by atoms with Crippen LogP contribution < -0.4 is 26.6 Å². The molecule has 0 radical (unpaired) electrons. The monoisotopic (exact) mass is 515 g/mol. The Morgan fingerprint density at radius 3 is 2.44 bits per heavy atom. The SMILES string of the molecule is O=C1CC(C(=O)Nc2ccc(Cl)c(Cl)c2)C2C(=O)NC(Nc3ccc(Cl)cc3Cl)NC2N1. The van der Waals surface area contributed by atoms with Gasteiger partial charge in [-0.25, -0.2) is 0 Å². The number of amides is 3. The van der Waals surface area contributed by atoms with Gasteiger partial charge in [-0.2, -0.15) is 0 Å². The van der Waals surface area contributed by atoms with Crippen LogP contribution in [0.5, 0.6) is 0 Å². The average Bonchev–Trinajstić information content (AvgIpc) is 2.72. The smallest absolute Gasteiger partial charge is 0.229 e. The first-order valence-corrected chi connectivity index (χ1v) is 11.1. The van der Waals surface area contributed by atoms with E-state index in [9.17, 15) is 14.4 Å². The van der Waals surface area contributed by atoms with Gasteiger partial charge in [-0.1, -0.05) is 46.4 Å². The number of rotatable bonds is 4. The third-order valence-corrected chi connectivity index (χ3v) is 6.49. The standard InChI is InChI=1S/C20H17Cl4N5O3/c21-8-1-4-14(13(24)5-8)26-20-28-17-16(19(32)29-20)10(7-15(30)27-17)18(31)25-9-2-3-11(22)12(23)6-9/h1-6,10,16-17,20,26,28H,7H2,(H,25,31)(H,27,30)(H,29,32). The Morgan fingerprint density at radius 2 is 1.72 bits per heavy atom. The summed E-state index contributed by atoms with van der Waals surface area (Å²) in [6, 6.07) is 9.50. The zero-order chi connectivity index (χ0) is 23.0. The first kappa shape index (κ1) is 22.9. The predicted molar refractivity (Wildman–Crippen MR) is 124 cm³/mol. The van der Waals surface area contributed by atoms with Crippen LogP contribution in [0, 0.1) is 11.8 Å². The van der Waals surface area contributed by atoms with E-state index in [1.54, 1.807) is 30.3 Å². The van der Waals surface area contributed by atoms with E-state index >= 15 is 0 Å². The van der Waals surface area contributed by atoms with Gasteiger partial charge in [0.1, 0.15) is 0 Å². The van der Waals surface area contributed by atoms with Gasteiger partial charge in [0, 0.05) is 17.1 Å². The zero-order valence-electron chi connectivity index (χ0n) is 16.2. The number of carbonyl (C=O) groups excluding carboxylic acids is 3. The molecule has 168 valence electrons. The molecule has 4 atom stereocenters. The van der Waals surface area contributed by atoms with Crippen LogP contribution in [0.25, 0.3) is 0 Å². The minimum absolute atomic E-state index is 0.134. The lowest BCUT2D eigenvalue weighted by molar-refractivity contribution is -0.144. The van der Waals surface area contributed by atoms with Gasteiger partial charge < -0.3 is 21.3 Å². The average molecular weight is 517 g/mol. The van der Waals surface area contributed by atoms with Crippen LogP contribution in [0.1, 0.15) is 6.42 Å². The molecule has 2 aliphatic rings. The van der Waals surface area contributed by atoms with Crippen molar-refractivity contribution in [1.29, 1.82) is 0 Å². The topological polar surface area (TPSA) is 111 Å². The Morgan fingerprint density at radius 1 is 0.938 bits per heavy atom. The van der Waals surface area contributed by atoms with E-state index in [0.717, 1.165) is 0 Å². The van der Waals surface area contributed by atoms with Gasteiger partial charge in [0.25, 0.3) is 0 Å². The molecule has 2 fully saturated rings. The van der Waals surface area contributed by atoms with Crippen LogP contribution in [0.4, 0.5) is 11.4 Å². The Kier molecular flexibility index (Phi) is 6.69. The summed E-state index contributed by atoms with van der Waals surface area (Å²) in [6.45, 7) is 0. The van der Waals surface area contributed by atoms with Crippen molar-refractivity contribution in [2.45, 2.75) is 18.9 Å². The number of fused-ring (bicyclic) bond motifs is 1. The van der Waals surface area contributed by atoms with Crippen LogP contribution in [-0.2, 0) is 14.4 Å². The first-order valence-electron chi connectivity index (χ1n) is 9.54. The van der Waals surface area contributed by atoms with Gasteiger partial charge in [-0.15, -0.1) is 0 Å². The summed E-state index contributed by atoms with van der Waals surface area (Å²) in [5.41, 5.74) is 0.941. The van der Waals surface area contributed by atoms with Crippen molar-refractivity contribution >= 4 is 75.5 Å². The molecule has 2 aliphatic heterocycles. The lowest BCUT2D eigenvalue weighted by atomic mass is 9.81. The van der Waals surface area contributed by atoms with E-state index in [1.165, 1.54) is 6.07 Å². The van der Waals surface area contributed by atoms with Gasteiger partial charge in [0.15, 0.2) is 6.29 Å². The molecule has 0 bridgehead atoms. The highest BCUT2D eigenvalue weighted by atomic mass is 35.5. The normalized spacial score (nSPS) is 24.8. The van der Waals surface area contributed by atoms with Gasteiger partial charge in [0.2, 0.25) is 17.7 Å². The first-order chi connectivity index (χ1) is 15.2. The largest absolute Gasteiger partial charge is 0.352 e. The number of hydrogen-bond acceptors (Lipinski definition) is 5. The van der Waals surface area contributed by atoms with E-state index in [-0.39, 0.29) is 17.4 Å². The van der Waals surface area contributed by atoms with Crippen molar-refractivity contribution in [2.24, 2.45) is 11.8 Å². The van der Waals surface area contributed by atoms with Crippen LogP contribution >= 0.6 is 46.4 Å². The maximum Gasteiger partial charge on any atom is 0.229 e. The number of benzene rings is 2. The van der Waals surface area contributed by atoms with Crippen molar-refractivity contribution in [3.63, 3.8) is 0 Å². The predicted octanol–water partition coefficient (Wildman–Crippen LogP) is 3.43. The number of piperidine rings is 1. The molecule has 0 spiro atoms. The van der Waals surface area contributed by atoms with E-state index in [0.29, 0.717) is 26.4 Å². The highest BCUT2D eigenvalue weighted by Crippen LogP contribution is 2.31. The number of anilines is 2. The molecule has 2 aromatic carbocycles. The molecule has 4 rings (SSSR count). The summed E-state index contributed by atoms with van der Waals surface area (Å²) in [4.78, 5) is 38.2. The van der Waals surface area contributed by atoms with E-state index in [2.05, 4.69) is 26.6 Å². The summed E-state index contributed by atoms with van der Waals surface area (Å²) in [5.74, 6) is -2.95. The molecule has 0 saturated carbocycles. The Bertz CT molecular complexity index is 1100. The highest BCUT2D eigenvalue weighted by Gasteiger charge is 2.48. The van der Waals surface area contributed by atoms with Crippen molar-refractivity contribution in [1.82, 2.24) is 16.0 Å². The van der Waals surface area contributed by atoms with Crippen LogP contribution in [0.2, 0.25) is 20.1 Å². The fourth-order valence-corrected chi connectivity index (χ4v) is 4.49. The maximum atomic E-state index is 12.9. The van der Waals surface area contributed by atoms with Crippen LogP contribution in [0.3, 0.4) is 0 Å². The van der Waals surface area contributed by atoms with E-state index < -0.39 is 36.1 Å². The van der Waals surface area contributed by atoms with Gasteiger partial charge in [-0.05, 0) is 36.4 Å². The molecule has 3 amide bonds. The molecule has 4 unspecified atom stereocenters. The van der Waals surface area contributed by atoms with Gasteiger partial charge >= 0.3 is 0 Å². The second-order valence-electron chi connectivity index (χ2n) is 7.38. The molecule has 2 saturated heterocycles. The quantitative estimate of drug-likeness (QED) is 0.427. The Hall–Kier alpha value is -2.23. The molecule has 32 heavy (non-hydrogen) atoms. The minimum Gasteiger partial charge on any atom is -0.352 e. The Balaban J connectivity index is 1.49. The van der Waals surface area contributed by atoms with Crippen LogP contribution in [0.15, 0.2) is 36.4 Å². The molecular formula is C20H17Cl4N5O3. The lowest BCUT2D eigenvalue weighted by Gasteiger charge is -2.43. The third kappa shape index (κ3) is 4.89. The summed E-state index contributed by atoms with van der Waals surface area (Å²) in [6.07, 6.45) is -1.64. The van der Waals surface area contributed by atoms with Crippen molar-refractivity contribution in [2.75, 3.05) is 10.6 Å². The van der Waals surface area contributed by atoms with Gasteiger partial charge in [0.05, 0.1) is 38.8 Å². The molecule has 2 aromatic rings. The summed E-state index contributed by atoms with van der Waals surface area (Å²) < 4.78 is 0. The third-order valence-electron chi connectivity index (χ3n) is 5.20. The van der Waals surface area contributed by atoms with Gasteiger partial charge in [-0.3, -0.25) is 19.7 Å². The molecule has 2 heterocycles. The molecule has 5 N–H and O–H groups in total. The fourth-order valence-electron chi connectivity index (χ4n) is 3.72. The van der Waals surface area contributed by atoms with Crippen LogP contribution in [-0.4, -0.2) is 30.2 Å². The van der Waals surface area contributed by atoms with Crippen molar-refractivity contribution in [3.8, 4) is 0 Å².